The number of carbonyl (C=O) groups excluding carboxylic acids is 1. The molecule has 2 heterocycles. The molecule has 0 saturated heterocycles. The van der Waals surface area contributed by atoms with Gasteiger partial charge in [0.25, 0.3) is 0 Å². The summed E-state index contributed by atoms with van der Waals surface area (Å²) in [5.41, 5.74) is 6.54. The van der Waals surface area contributed by atoms with Crippen molar-refractivity contribution >= 4 is 39.5 Å². The number of aliphatic imine (C=N–C) groups is 1. The summed E-state index contributed by atoms with van der Waals surface area (Å²) in [7, 11) is 3.35. The van der Waals surface area contributed by atoms with Gasteiger partial charge in [0.05, 0.1) is 31.4 Å². The lowest BCUT2D eigenvalue weighted by Crippen LogP contribution is -2.33. The van der Waals surface area contributed by atoms with E-state index in [-0.39, 0.29) is 40.4 Å². The van der Waals surface area contributed by atoms with Crippen molar-refractivity contribution in [2.24, 2.45) is 33.8 Å². The fourth-order valence-electron chi connectivity index (χ4n) is 5.33. The second-order valence-electron chi connectivity index (χ2n) is 10.3. The maximum Gasteiger partial charge on any atom is 0.231 e. The summed E-state index contributed by atoms with van der Waals surface area (Å²) in [6.07, 6.45) is 11.8. The topological polar surface area (TPSA) is 96.3 Å². The van der Waals surface area contributed by atoms with Crippen LogP contribution < -0.4 is 16.1 Å². The number of rotatable bonds is 8. The fourth-order valence-corrected chi connectivity index (χ4v) is 5.58. The van der Waals surface area contributed by atoms with Gasteiger partial charge in [-0.25, -0.2) is 4.99 Å². The van der Waals surface area contributed by atoms with Crippen molar-refractivity contribution in [2.45, 2.75) is 24.7 Å². The average molecular weight is 617 g/mol. The number of anilines is 1. The van der Waals surface area contributed by atoms with Gasteiger partial charge in [-0.05, 0) is 35.6 Å². The van der Waals surface area contributed by atoms with Gasteiger partial charge in [-0.3, -0.25) is 10.2 Å². The standard InChI is InChI=1S/C32H34BrN5O3/c1-19-14-21(10-12-25(19)32(39)36-23-8-6-5-7-9-23)30-29-27(37-38-30)13-11-22(33)17-34-31(29)35-18-26-20(2)15-24(40-3)16-28(26)41-4/h5-10,12,14-17,19-20,22,25-27,35,37H,18H2,1-4H3,(H,36,39)/b31-29-,34-17-. The van der Waals surface area contributed by atoms with Crippen LogP contribution in [0, 0.1) is 35.5 Å². The zero-order chi connectivity index (χ0) is 28.9. The van der Waals surface area contributed by atoms with Gasteiger partial charge in [0, 0.05) is 30.4 Å². The Morgan fingerprint density at radius 1 is 1.10 bits per heavy atom. The first-order valence-corrected chi connectivity index (χ1v) is 14.6. The van der Waals surface area contributed by atoms with Gasteiger partial charge in [-0.15, -0.1) is 0 Å². The van der Waals surface area contributed by atoms with Crippen LogP contribution in [-0.2, 0) is 14.3 Å². The molecule has 4 aliphatic rings. The van der Waals surface area contributed by atoms with Gasteiger partial charge < -0.3 is 20.1 Å². The molecule has 1 aromatic carbocycles. The zero-order valence-corrected chi connectivity index (χ0v) is 25.1. The maximum atomic E-state index is 13.0. The monoisotopic (exact) mass is 615 g/mol. The number of hydrogen-bond acceptors (Lipinski definition) is 7. The highest BCUT2D eigenvalue weighted by Gasteiger charge is 2.34. The molecule has 212 valence electrons. The summed E-state index contributed by atoms with van der Waals surface area (Å²) in [4.78, 5) is 17.7. The highest BCUT2D eigenvalue weighted by Crippen LogP contribution is 2.32. The number of hydrazone groups is 1. The first-order valence-electron chi connectivity index (χ1n) is 13.7. The van der Waals surface area contributed by atoms with Gasteiger partial charge >= 0.3 is 0 Å². The largest absolute Gasteiger partial charge is 0.501 e. The third-order valence-corrected chi connectivity index (χ3v) is 8.05. The molecule has 3 N–H and O–H groups in total. The minimum Gasteiger partial charge on any atom is -0.501 e. The minimum atomic E-state index is -0.324. The van der Waals surface area contributed by atoms with Crippen molar-refractivity contribution in [3.8, 4) is 11.8 Å². The molecular weight excluding hydrogens is 582 g/mol. The Morgan fingerprint density at radius 3 is 2.63 bits per heavy atom. The van der Waals surface area contributed by atoms with Crippen molar-refractivity contribution in [2.75, 3.05) is 26.1 Å². The molecule has 0 saturated carbocycles. The third kappa shape index (κ3) is 6.33. The Labute approximate surface area is 249 Å². The third-order valence-electron chi connectivity index (χ3n) is 7.59. The van der Waals surface area contributed by atoms with Gasteiger partial charge in [0.2, 0.25) is 5.91 Å². The number of nitrogens with zero attached hydrogens (tertiary/aromatic N) is 2. The number of amides is 1. The molecular formula is C32H34BrN5O3. The first kappa shape index (κ1) is 28.5. The quantitative estimate of drug-likeness (QED) is 0.291. The fraction of sp³-hybridized carbons (Fsp3) is 0.344. The summed E-state index contributed by atoms with van der Waals surface area (Å²) in [6.45, 7) is 4.79. The number of benzene rings is 1. The Morgan fingerprint density at radius 2 is 1.90 bits per heavy atom. The molecule has 0 radical (unpaired) electrons. The van der Waals surface area contributed by atoms with E-state index in [1.165, 1.54) is 0 Å². The average Bonchev–Trinajstić information content (AvgIpc) is 3.39. The van der Waals surface area contributed by atoms with Crippen LogP contribution in [0.2, 0.25) is 0 Å². The van der Waals surface area contributed by atoms with E-state index in [4.69, 9.17) is 19.6 Å². The van der Waals surface area contributed by atoms with Crippen molar-refractivity contribution < 1.29 is 14.3 Å². The van der Waals surface area contributed by atoms with Crippen LogP contribution in [0.25, 0.3) is 0 Å². The summed E-state index contributed by atoms with van der Waals surface area (Å²) in [6, 6.07) is 9.18. The SMILES string of the molecule is COC1=CC(C)C(CNC2=C3\C(C4=CC(C)C(C(=O)Nc5ccccc5)C=C4)=NNC3C#CC(Br)/C=N\2)C(OC)=C1. The normalized spacial score (nSPS) is 30.9. The number of halogens is 1. The van der Waals surface area contributed by atoms with E-state index in [9.17, 15) is 4.79 Å². The number of fused-ring (bicyclic) bond motifs is 1. The molecule has 1 aromatic rings. The highest BCUT2D eigenvalue weighted by atomic mass is 79.9. The molecule has 9 heteroatoms. The van der Waals surface area contributed by atoms with Crippen molar-refractivity contribution in [3.63, 3.8) is 0 Å². The Balaban J connectivity index is 1.39. The van der Waals surface area contributed by atoms with Crippen LogP contribution in [0.4, 0.5) is 5.69 Å². The van der Waals surface area contributed by atoms with Crippen molar-refractivity contribution in [1.82, 2.24) is 10.7 Å². The molecule has 0 spiro atoms. The molecule has 41 heavy (non-hydrogen) atoms. The molecule has 2 aliphatic carbocycles. The lowest BCUT2D eigenvalue weighted by atomic mass is 9.83. The van der Waals surface area contributed by atoms with Crippen LogP contribution in [-0.4, -0.2) is 49.5 Å². The predicted octanol–water partition coefficient (Wildman–Crippen LogP) is 4.68. The van der Waals surface area contributed by atoms with E-state index < -0.39 is 0 Å². The highest BCUT2D eigenvalue weighted by molar-refractivity contribution is 9.10. The Bertz CT molecular complexity index is 1460. The molecule has 5 rings (SSSR count). The minimum absolute atomic E-state index is 0.0354. The summed E-state index contributed by atoms with van der Waals surface area (Å²) in [5, 5.41) is 11.3. The smallest absolute Gasteiger partial charge is 0.231 e. The van der Waals surface area contributed by atoms with E-state index in [1.54, 1.807) is 20.4 Å². The Kier molecular flexibility index (Phi) is 8.79. The number of ether oxygens (including phenoxy) is 2. The lowest BCUT2D eigenvalue weighted by molar-refractivity contribution is -0.119. The predicted molar refractivity (Wildman–Crippen MR) is 166 cm³/mol. The molecule has 0 fully saturated rings. The van der Waals surface area contributed by atoms with Crippen molar-refractivity contribution in [3.05, 3.63) is 89.2 Å². The molecule has 0 bridgehead atoms. The number of methoxy groups -OCH3 is 2. The summed E-state index contributed by atoms with van der Waals surface area (Å²) in [5.74, 6) is 8.72. The van der Waals surface area contributed by atoms with Crippen LogP contribution >= 0.6 is 15.9 Å². The van der Waals surface area contributed by atoms with E-state index >= 15 is 0 Å². The lowest BCUT2D eigenvalue weighted by Gasteiger charge is -2.29. The number of allylic oxidation sites excluding steroid dienone is 5. The number of nitrogens with one attached hydrogen (secondary N) is 3. The van der Waals surface area contributed by atoms with Crippen LogP contribution in [0.5, 0.6) is 0 Å². The molecule has 6 unspecified atom stereocenters. The molecule has 8 nitrogen and oxygen atoms in total. The Hall–Kier alpha value is -4.03. The molecule has 1 amide bonds. The van der Waals surface area contributed by atoms with E-state index in [1.807, 2.05) is 55.5 Å². The van der Waals surface area contributed by atoms with Gasteiger partial charge in [0.1, 0.15) is 28.2 Å². The van der Waals surface area contributed by atoms with Crippen LogP contribution in [0.1, 0.15) is 13.8 Å². The van der Waals surface area contributed by atoms with Gasteiger partial charge in [-0.2, -0.15) is 5.10 Å². The van der Waals surface area contributed by atoms with Crippen molar-refractivity contribution in [1.29, 1.82) is 0 Å². The number of para-hydroxylation sites is 1. The number of carbonyl (C=O) groups is 1. The summed E-state index contributed by atoms with van der Waals surface area (Å²) < 4.78 is 11.2. The zero-order valence-electron chi connectivity index (χ0n) is 23.5. The molecule has 6 atom stereocenters. The van der Waals surface area contributed by atoms with Crippen LogP contribution in [0.15, 0.2) is 99.3 Å². The molecule has 0 aromatic heterocycles. The number of alkyl halides is 1. The first-order chi connectivity index (χ1) is 19.9. The second kappa shape index (κ2) is 12.6. The maximum absolute atomic E-state index is 13.0. The number of hydrogen-bond donors (Lipinski definition) is 3. The van der Waals surface area contributed by atoms with E-state index in [0.29, 0.717) is 12.4 Å². The molecule has 2 aliphatic heterocycles. The van der Waals surface area contributed by atoms with Crippen LogP contribution in [0.3, 0.4) is 0 Å². The van der Waals surface area contributed by atoms with E-state index in [2.05, 4.69) is 62.9 Å². The second-order valence-corrected chi connectivity index (χ2v) is 11.3. The van der Waals surface area contributed by atoms with Gasteiger partial charge in [0.15, 0.2) is 0 Å². The van der Waals surface area contributed by atoms with E-state index in [0.717, 1.165) is 34.1 Å². The summed E-state index contributed by atoms with van der Waals surface area (Å²) >= 11 is 3.56. The van der Waals surface area contributed by atoms with Gasteiger partial charge in [-0.1, -0.05) is 78.0 Å².